The molecule has 3 heterocycles. The molecule has 1 N–H and O–H groups in total. The number of esters is 1. The molecule has 0 bridgehead atoms. The summed E-state index contributed by atoms with van der Waals surface area (Å²) in [5.41, 5.74) is 1.37. The van der Waals surface area contributed by atoms with E-state index < -0.39 is 5.97 Å². The Balaban J connectivity index is 1.48. The third-order valence-electron chi connectivity index (χ3n) is 7.01. The van der Waals surface area contributed by atoms with Gasteiger partial charge in [-0.15, -0.1) is 0 Å². The van der Waals surface area contributed by atoms with Gasteiger partial charge < -0.3 is 14.8 Å². The number of ether oxygens (including phenoxy) is 2. The zero-order valence-electron chi connectivity index (χ0n) is 21.8. The molecule has 2 aromatic heterocycles. The summed E-state index contributed by atoms with van der Waals surface area (Å²) in [5, 5.41) is 3.61. The van der Waals surface area contributed by atoms with Gasteiger partial charge >= 0.3 is 5.97 Å². The summed E-state index contributed by atoms with van der Waals surface area (Å²) in [7, 11) is 0. The van der Waals surface area contributed by atoms with Gasteiger partial charge in [-0.1, -0.05) is 42.4 Å². The lowest BCUT2D eigenvalue weighted by Crippen LogP contribution is -2.37. The summed E-state index contributed by atoms with van der Waals surface area (Å²) >= 11 is 8.12. The third kappa shape index (κ3) is 6.45. The van der Waals surface area contributed by atoms with Crippen molar-refractivity contribution in [1.29, 1.82) is 0 Å². The number of thioether (sulfide) groups is 1. The Morgan fingerprint density at radius 1 is 1.18 bits per heavy atom. The Kier molecular flexibility index (Phi) is 9.16. The zero-order valence-corrected chi connectivity index (χ0v) is 24.3. The fourth-order valence-electron chi connectivity index (χ4n) is 5.07. The lowest BCUT2D eigenvalue weighted by Gasteiger charge is -2.22. The fraction of sp³-hybridized carbons (Fsp3) is 0.519. The predicted octanol–water partition coefficient (Wildman–Crippen LogP) is 4.87. The number of hydrogen-bond donors (Lipinski definition) is 1. The molecule has 1 amide bonds. The van der Waals surface area contributed by atoms with Crippen molar-refractivity contribution in [2.75, 3.05) is 19.0 Å². The van der Waals surface area contributed by atoms with E-state index in [1.54, 1.807) is 40.3 Å². The molecule has 1 aliphatic carbocycles. The number of carbonyl (C=O) groups is 2. The van der Waals surface area contributed by atoms with Crippen LogP contribution < -0.4 is 10.9 Å². The van der Waals surface area contributed by atoms with Crippen LogP contribution in [0.5, 0.6) is 0 Å². The molecule has 0 unspecified atom stereocenters. The van der Waals surface area contributed by atoms with Crippen LogP contribution in [-0.2, 0) is 20.8 Å². The van der Waals surface area contributed by atoms with Gasteiger partial charge in [-0.05, 0) is 69.1 Å². The van der Waals surface area contributed by atoms with E-state index in [0.717, 1.165) is 38.5 Å². The number of rotatable bonds is 9. The largest absolute Gasteiger partial charge is 0.462 e. The first kappa shape index (κ1) is 28.0. The molecule has 2 fully saturated rings. The van der Waals surface area contributed by atoms with E-state index in [9.17, 15) is 14.4 Å². The van der Waals surface area contributed by atoms with Crippen molar-refractivity contribution >= 4 is 57.5 Å². The van der Waals surface area contributed by atoms with Crippen LogP contribution in [0.4, 0.5) is 0 Å². The zero-order chi connectivity index (χ0) is 27.4. The minimum atomic E-state index is -0.400. The Hall–Kier alpha value is -2.54. The Morgan fingerprint density at radius 3 is 2.64 bits per heavy atom. The molecule has 9 nitrogen and oxygen atoms in total. The second-order valence-corrected chi connectivity index (χ2v) is 12.3. The highest BCUT2D eigenvalue weighted by Crippen LogP contribution is 2.27. The molecule has 208 valence electrons. The van der Waals surface area contributed by atoms with E-state index >= 15 is 0 Å². The van der Waals surface area contributed by atoms with Crippen molar-refractivity contribution in [3.63, 3.8) is 0 Å². The predicted molar refractivity (Wildman–Crippen MR) is 155 cm³/mol. The highest BCUT2D eigenvalue weighted by Gasteiger charge is 2.24. The minimum Gasteiger partial charge on any atom is -0.462 e. The van der Waals surface area contributed by atoms with Crippen molar-refractivity contribution in [2.24, 2.45) is 0 Å². The molecule has 1 saturated carbocycles. The van der Waals surface area contributed by atoms with Gasteiger partial charge in [0.1, 0.15) is 4.70 Å². The first-order chi connectivity index (χ1) is 18.9. The smallest absolute Gasteiger partial charge is 0.338 e. The van der Waals surface area contributed by atoms with Crippen LogP contribution in [0.2, 0.25) is 0 Å². The van der Waals surface area contributed by atoms with E-state index in [1.807, 2.05) is 0 Å². The number of thiazole rings is 1. The molecule has 0 radical (unpaired) electrons. The van der Waals surface area contributed by atoms with E-state index in [0.29, 0.717) is 50.5 Å². The molecule has 1 saturated heterocycles. The summed E-state index contributed by atoms with van der Waals surface area (Å²) in [6, 6.07) is 7.08. The molecule has 39 heavy (non-hydrogen) atoms. The highest BCUT2D eigenvalue weighted by atomic mass is 32.2. The molecule has 2 aliphatic rings. The normalized spacial score (nSPS) is 17.9. The molecular weight excluding hydrogens is 557 g/mol. The van der Waals surface area contributed by atoms with Gasteiger partial charge in [-0.3, -0.25) is 18.7 Å². The number of benzene rings is 1. The number of nitrogens with zero attached hydrogens (tertiary/aromatic N) is 3. The maximum atomic E-state index is 13.8. The summed E-state index contributed by atoms with van der Waals surface area (Å²) in [4.78, 5) is 43.5. The number of fused-ring (bicyclic) bond motifs is 1. The third-order valence-corrected chi connectivity index (χ3v) is 9.34. The maximum Gasteiger partial charge on any atom is 0.338 e. The Labute approximate surface area is 239 Å². The molecular formula is C27H32N4O5S3. The number of amides is 1. The second kappa shape index (κ2) is 12.8. The summed E-state index contributed by atoms with van der Waals surface area (Å²) in [5.74, 6) is -0.288. The van der Waals surface area contributed by atoms with Gasteiger partial charge in [-0.25, -0.2) is 9.78 Å². The SMILES string of the molecule is CCOC(=O)c1ccc(-n2c(=S)sc3c(=O)n(C[C@@H]4CCCO4)c(SCC(=O)NC4CCCCC4)nc32)cc1. The Morgan fingerprint density at radius 2 is 1.95 bits per heavy atom. The molecule has 1 atom stereocenters. The molecule has 5 rings (SSSR count). The van der Waals surface area contributed by atoms with E-state index in [2.05, 4.69) is 5.32 Å². The van der Waals surface area contributed by atoms with Crippen LogP contribution in [-0.4, -0.2) is 57.1 Å². The van der Waals surface area contributed by atoms with Crippen LogP contribution >= 0.6 is 35.3 Å². The minimum absolute atomic E-state index is 0.0541. The van der Waals surface area contributed by atoms with Crippen molar-refractivity contribution in [3.8, 4) is 5.69 Å². The van der Waals surface area contributed by atoms with Crippen molar-refractivity contribution in [1.82, 2.24) is 19.4 Å². The molecule has 12 heteroatoms. The standard InChI is InChI=1S/C27H32N4O5S3/c1-2-35-25(34)17-10-12-19(13-11-17)31-23-22(39-27(31)37)24(33)30(15-20-9-6-14-36-20)26(29-23)38-16-21(32)28-18-7-4-3-5-8-18/h10-13,18,20H,2-9,14-16H2,1H3,(H,28,32)/t20-/m0/s1. The van der Waals surface area contributed by atoms with Crippen LogP contribution in [0.25, 0.3) is 16.0 Å². The summed E-state index contributed by atoms with van der Waals surface area (Å²) < 4.78 is 15.2. The monoisotopic (exact) mass is 588 g/mol. The first-order valence-electron chi connectivity index (χ1n) is 13.4. The number of aromatic nitrogens is 3. The van der Waals surface area contributed by atoms with Crippen LogP contribution in [0, 0.1) is 3.95 Å². The van der Waals surface area contributed by atoms with Crippen LogP contribution in [0.3, 0.4) is 0 Å². The average Bonchev–Trinajstić information content (AvgIpc) is 3.57. The maximum absolute atomic E-state index is 13.8. The van der Waals surface area contributed by atoms with Crippen molar-refractivity contribution in [3.05, 3.63) is 44.1 Å². The highest BCUT2D eigenvalue weighted by molar-refractivity contribution is 7.99. The second-order valence-electron chi connectivity index (χ2n) is 9.76. The lowest BCUT2D eigenvalue weighted by atomic mass is 9.95. The summed E-state index contributed by atoms with van der Waals surface area (Å²) in [6.45, 7) is 3.11. The first-order valence-corrected chi connectivity index (χ1v) is 15.6. The topological polar surface area (TPSA) is 104 Å². The molecule has 3 aromatic rings. The van der Waals surface area contributed by atoms with E-state index in [-0.39, 0.29) is 29.4 Å². The van der Waals surface area contributed by atoms with Gasteiger partial charge in [0.05, 0.1) is 30.6 Å². The van der Waals surface area contributed by atoms with Gasteiger partial charge in [0.2, 0.25) is 5.91 Å². The molecule has 1 aromatic carbocycles. The van der Waals surface area contributed by atoms with Gasteiger partial charge in [0.25, 0.3) is 5.56 Å². The van der Waals surface area contributed by atoms with E-state index in [1.165, 1.54) is 29.5 Å². The van der Waals surface area contributed by atoms with Crippen molar-refractivity contribution in [2.45, 2.75) is 75.7 Å². The van der Waals surface area contributed by atoms with Gasteiger partial charge in [0, 0.05) is 18.3 Å². The Bertz CT molecular complexity index is 1450. The summed E-state index contributed by atoms with van der Waals surface area (Å²) in [6.07, 6.45) is 7.28. The average molecular weight is 589 g/mol. The molecule has 0 spiro atoms. The van der Waals surface area contributed by atoms with Gasteiger partial charge in [0.15, 0.2) is 14.8 Å². The fourth-order valence-corrected chi connectivity index (χ4v) is 7.20. The van der Waals surface area contributed by atoms with Crippen molar-refractivity contribution < 1.29 is 19.1 Å². The van der Waals surface area contributed by atoms with Gasteiger partial charge in [-0.2, -0.15) is 0 Å². The van der Waals surface area contributed by atoms with E-state index in [4.69, 9.17) is 26.7 Å². The van der Waals surface area contributed by atoms with Crippen LogP contribution in [0.1, 0.15) is 62.2 Å². The number of carbonyl (C=O) groups excluding carboxylic acids is 2. The lowest BCUT2D eigenvalue weighted by molar-refractivity contribution is -0.119. The van der Waals surface area contributed by atoms with Crippen LogP contribution in [0.15, 0.2) is 34.2 Å². The molecule has 1 aliphatic heterocycles. The quantitative estimate of drug-likeness (QED) is 0.163. The number of nitrogens with one attached hydrogen (secondary N) is 1. The number of hydrogen-bond acceptors (Lipinski definition) is 9.